The molecule has 0 fully saturated rings. The van der Waals surface area contributed by atoms with Gasteiger partial charge in [0.2, 0.25) is 0 Å². The van der Waals surface area contributed by atoms with Gasteiger partial charge in [0.05, 0.1) is 13.2 Å². The summed E-state index contributed by atoms with van der Waals surface area (Å²) in [5.41, 5.74) is 0.212. The number of rotatable bonds is 7. The predicted molar refractivity (Wildman–Crippen MR) is 72.1 cm³/mol. The van der Waals surface area contributed by atoms with Gasteiger partial charge in [-0.05, 0) is 23.8 Å². The van der Waals surface area contributed by atoms with Crippen molar-refractivity contribution in [2.24, 2.45) is 0 Å². The quantitative estimate of drug-likeness (QED) is 0.441. The number of esters is 2. The van der Waals surface area contributed by atoms with E-state index < -0.39 is 23.6 Å². The van der Waals surface area contributed by atoms with Crippen molar-refractivity contribution in [1.82, 2.24) is 0 Å². The fourth-order valence-corrected chi connectivity index (χ4v) is 1.35. The second-order valence-electron chi connectivity index (χ2n) is 3.93. The smallest absolute Gasteiger partial charge is 0.330 e. The Morgan fingerprint density at radius 1 is 1.05 bits per heavy atom. The Kier molecular flexibility index (Phi) is 6.80. The minimum Gasteiger partial charge on any atom is -0.462 e. The number of halogens is 2. The fraction of sp³-hybridized carbons (Fsp3) is 0.200. The highest BCUT2D eigenvalue weighted by Crippen LogP contribution is 2.09. The maximum absolute atomic E-state index is 12.9. The third-order valence-corrected chi connectivity index (χ3v) is 2.24. The molecule has 4 nitrogen and oxygen atoms in total. The molecule has 6 heteroatoms. The molecule has 0 heterocycles. The second-order valence-corrected chi connectivity index (χ2v) is 3.93. The third kappa shape index (κ3) is 7.00. The molecular formula is C15H14F2O4. The number of benzene rings is 1. The first-order valence-electron chi connectivity index (χ1n) is 6.11. The minimum absolute atomic E-state index is 0.0606. The normalized spacial score (nSPS) is 10.4. The van der Waals surface area contributed by atoms with E-state index in [1.54, 1.807) is 0 Å². The van der Waals surface area contributed by atoms with Crippen molar-refractivity contribution in [3.63, 3.8) is 0 Å². The van der Waals surface area contributed by atoms with Crippen molar-refractivity contribution in [2.45, 2.75) is 6.42 Å². The van der Waals surface area contributed by atoms with Crippen LogP contribution >= 0.6 is 0 Å². The van der Waals surface area contributed by atoms with Crippen molar-refractivity contribution < 1.29 is 27.8 Å². The Bertz CT molecular complexity index is 532. The van der Waals surface area contributed by atoms with E-state index in [0.717, 1.165) is 30.4 Å². The lowest BCUT2D eigenvalue weighted by atomic mass is 10.2. The van der Waals surface area contributed by atoms with Crippen LogP contribution in [0.2, 0.25) is 0 Å². The Morgan fingerprint density at radius 3 is 2.19 bits per heavy atom. The monoisotopic (exact) mass is 296 g/mol. The van der Waals surface area contributed by atoms with Crippen LogP contribution in [0, 0.1) is 11.6 Å². The molecule has 1 aromatic rings. The SMILES string of the molecule is C=CC(=O)OCCCOC(=O)/C=C/c1cc(F)cc(F)c1. The Labute approximate surface area is 120 Å². The first kappa shape index (κ1) is 16.6. The molecule has 0 amide bonds. The summed E-state index contributed by atoms with van der Waals surface area (Å²) >= 11 is 0. The van der Waals surface area contributed by atoms with Gasteiger partial charge in [-0.2, -0.15) is 0 Å². The summed E-state index contributed by atoms with van der Waals surface area (Å²) in [6, 6.07) is 2.91. The molecular weight excluding hydrogens is 282 g/mol. The molecule has 0 radical (unpaired) electrons. The maximum atomic E-state index is 12.9. The summed E-state index contributed by atoms with van der Waals surface area (Å²) in [7, 11) is 0. The van der Waals surface area contributed by atoms with Gasteiger partial charge in [-0.3, -0.25) is 0 Å². The lowest BCUT2D eigenvalue weighted by molar-refractivity contribution is -0.140. The summed E-state index contributed by atoms with van der Waals surface area (Å²) in [6.07, 6.45) is 3.68. The van der Waals surface area contributed by atoms with Crippen LogP contribution in [0.4, 0.5) is 8.78 Å². The number of ether oxygens (including phenoxy) is 2. The van der Waals surface area contributed by atoms with Crippen molar-refractivity contribution in [1.29, 1.82) is 0 Å². The average molecular weight is 296 g/mol. The van der Waals surface area contributed by atoms with Crippen LogP contribution < -0.4 is 0 Å². The molecule has 0 saturated carbocycles. The largest absolute Gasteiger partial charge is 0.462 e. The number of hydrogen-bond acceptors (Lipinski definition) is 4. The van der Waals surface area contributed by atoms with E-state index in [1.165, 1.54) is 6.08 Å². The van der Waals surface area contributed by atoms with Crippen LogP contribution in [-0.2, 0) is 19.1 Å². The Hall–Kier alpha value is -2.50. The third-order valence-electron chi connectivity index (χ3n) is 2.24. The van der Waals surface area contributed by atoms with Gasteiger partial charge in [-0.25, -0.2) is 18.4 Å². The molecule has 112 valence electrons. The van der Waals surface area contributed by atoms with E-state index in [9.17, 15) is 18.4 Å². The predicted octanol–water partition coefficient (Wildman–Crippen LogP) is 2.64. The van der Waals surface area contributed by atoms with Crippen molar-refractivity contribution in [2.75, 3.05) is 13.2 Å². The molecule has 0 atom stereocenters. The molecule has 0 unspecified atom stereocenters. The van der Waals surface area contributed by atoms with Gasteiger partial charge in [0.1, 0.15) is 11.6 Å². The number of carbonyl (C=O) groups excluding carboxylic acids is 2. The van der Waals surface area contributed by atoms with Gasteiger partial charge < -0.3 is 9.47 Å². The highest BCUT2D eigenvalue weighted by molar-refractivity contribution is 5.87. The van der Waals surface area contributed by atoms with Crippen molar-refractivity contribution in [3.8, 4) is 0 Å². The van der Waals surface area contributed by atoms with Crippen LogP contribution in [0.25, 0.3) is 6.08 Å². The van der Waals surface area contributed by atoms with E-state index in [4.69, 9.17) is 4.74 Å². The van der Waals surface area contributed by atoms with Gasteiger partial charge in [-0.15, -0.1) is 0 Å². The van der Waals surface area contributed by atoms with Gasteiger partial charge in [0.25, 0.3) is 0 Å². The standard InChI is InChI=1S/C15H14F2O4/c1-2-14(18)20-6-3-7-21-15(19)5-4-11-8-12(16)10-13(17)9-11/h2,4-5,8-10H,1,3,6-7H2/b5-4+. The summed E-state index contributed by atoms with van der Waals surface area (Å²) in [5, 5.41) is 0. The van der Waals surface area contributed by atoms with Gasteiger partial charge >= 0.3 is 11.9 Å². The molecule has 0 aliphatic carbocycles. The van der Waals surface area contributed by atoms with E-state index in [-0.39, 0.29) is 18.8 Å². The van der Waals surface area contributed by atoms with E-state index in [0.29, 0.717) is 6.42 Å². The number of hydrogen-bond donors (Lipinski definition) is 0. The van der Waals surface area contributed by atoms with Gasteiger partial charge in [-0.1, -0.05) is 6.58 Å². The van der Waals surface area contributed by atoms with Crippen molar-refractivity contribution in [3.05, 3.63) is 54.1 Å². The maximum Gasteiger partial charge on any atom is 0.330 e. The highest BCUT2D eigenvalue weighted by Gasteiger charge is 2.01. The lowest BCUT2D eigenvalue weighted by Crippen LogP contribution is -2.07. The molecule has 0 saturated heterocycles. The molecule has 0 N–H and O–H groups in total. The molecule has 21 heavy (non-hydrogen) atoms. The van der Waals surface area contributed by atoms with Crippen LogP contribution in [-0.4, -0.2) is 25.2 Å². The van der Waals surface area contributed by atoms with E-state index in [2.05, 4.69) is 11.3 Å². The summed E-state index contributed by atoms with van der Waals surface area (Å²) in [6.45, 7) is 3.40. The van der Waals surface area contributed by atoms with Gasteiger partial charge in [0, 0.05) is 24.6 Å². The molecule has 1 rings (SSSR count). The Balaban J connectivity index is 2.31. The molecule has 0 aromatic heterocycles. The zero-order valence-corrected chi connectivity index (χ0v) is 11.2. The number of carbonyl (C=O) groups is 2. The molecule has 0 bridgehead atoms. The minimum atomic E-state index is -0.730. The topological polar surface area (TPSA) is 52.6 Å². The van der Waals surface area contributed by atoms with E-state index >= 15 is 0 Å². The Morgan fingerprint density at radius 2 is 1.62 bits per heavy atom. The average Bonchev–Trinajstić information content (AvgIpc) is 2.43. The first-order chi connectivity index (χ1) is 10.0. The van der Waals surface area contributed by atoms with Crippen LogP contribution in [0.5, 0.6) is 0 Å². The fourth-order valence-electron chi connectivity index (χ4n) is 1.35. The summed E-state index contributed by atoms with van der Waals surface area (Å²) in [5.74, 6) is -2.66. The first-order valence-corrected chi connectivity index (χ1v) is 6.11. The zero-order chi connectivity index (χ0) is 15.7. The summed E-state index contributed by atoms with van der Waals surface area (Å²) in [4.78, 5) is 22.0. The lowest BCUT2D eigenvalue weighted by Gasteiger charge is -2.02. The molecule has 0 aliphatic rings. The highest BCUT2D eigenvalue weighted by atomic mass is 19.1. The molecule has 0 spiro atoms. The molecule has 0 aliphatic heterocycles. The van der Waals surface area contributed by atoms with E-state index in [1.807, 2.05) is 0 Å². The second kappa shape index (κ2) is 8.63. The summed E-state index contributed by atoms with van der Waals surface area (Å²) < 4.78 is 35.3. The van der Waals surface area contributed by atoms with Crippen LogP contribution in [0.3, 0.4) is 0 Å². The van der Waals surface area contributed by atoms with Crippen molar-refractivity contribution >= 4 is 18.0 Å². The zero-order valence-electron chi connectivity index (χ0n) is 11.2. The van der Waals surface area contributed by atoms with Crippen LogP contribution in [0.15, 0.2) is 36.9 Å². The van der Waals surface area contributed by atoms with Crippen LogP contribution in [0.1, 0.15) is 12.0 Å². The molecule has 1 aromatic carbocycles. The van der Waals surface area contributed by atoms with Gasteiger partial charge in [0.15, 0.2) is 0 Å².